The lowest BCUT2D eigenvalue weighted by atomic mass is 10.1. The van der Waals surface area contributed by atoms with Gasteiger partial charge >= 0.3 is 0 Å². The summed E-state index contributed by atoms with van der Waals surface area (Å²) < 4.78 is 10.5. The average Bonchev–Trinajstić information content (AvgIpc) is 2.69. The number of aromatic nitrogens is 1. The molecule has 0 aliphatic rings. The third-order valence-electron chi connectivity index (χ3n) is 3.71. The number of methoxy groups -OCH3 is 2. The van der Waals surface area contributed by atoms with E-state index in [1.54, 1.807) is 31.4 Å². The molecule has 1 unspecified atom stereocenters. The van der Waals surface area contributed by atoms with Crippen LogP contribution in [0.15, 0.2) is 48.3 Å². The van der Waals surface area contributed by atoms with E-state index in [0.29, 0.717) is 22.3 Å². The number of benzene rings is 1. The van der Waals surface area contributed by atoms with Gasteiger partial charge in [0.15, 0.2) is 11.5 Å². The van der Waals surface area contributed by atoms with Crippen LogP contribution in [0.4, 0.5) is 5.82 Å². The SMILES string of the molecule is COc1ccc(C(C)NC(=O)/C(C#N)=C\Nc2ccc(Cl)cn2)cc1OC. The van der Waals surface area contributed by atoms with Crippen molar-refractivity contribution in [1.82, 2.24) is 10.3 Å². The molecule has 0 spiro atoms. The number of carbonyl (C=O) groups excluding carboxylic acids is 1. The molecule has 0 saturated carbocycles. The number of hydrogen-bond acceptors (Lipinski definition) is 6. The normalized spacial score (nSPS) is 11.9. The summed E-state index contributed by atoms with van der Waals surface area (Å²) in [6.45, 7) is 1.81. The van der Waals surface area contributed by atoms with E-state index in [9.17, 15) is 10.1 Å². The minimum atomic E-state index is -0.513. The molecule has 0 fully saturated rings. The zero-order valence-corrected chi connectivity index (χ0v) is 15.9. The Morgan fingerprint density at radius 3 is 2.59 bits per heavy atom. The number of ether oxygens (including phenoxy) is 2. The first kappa shape index (κ1) is 20.1. The van der Waals surface area contributed by atoms with Gasteiger partial charge in [-0.1, -0.05) is 17.7 Å². The van der Waals surface area contributed by atoms with E-state index in [4.69, 9.17) is 21.1 Å². The van der Waals surface area contributed by atoms with Gasteiger partial charge < -0.3 is 20.1 Å². The topological polar surface area (TPSA) is 96.3 Å². The fourth-order valence-electron chi connectivity index (χ4n) is 2.24. The molecule has 2 N–H and O–H groups in total. The molecule has 8 heteroatoms. The van der Waals surface area contributed by atoms with Crippen LogP contribution in [0.3, 0.4) is 0 Å². The molecule has 2 aromatic rings. The van der Waals surface area contributed by atoms with Crippen molar-refractivity contribution in [2.75, 3.05) is 19.5 Å². The van der Waals surface area contributed by atoms with Crippen molar-refractivity contribution >= 4 is 23.3 Å². The highest BCUT2D eigenvalue weighted by atomic mass is 35.5. The van der Waals surface area contributed by atoms with Crippen LogP contribution < -0.4 is 20.1 Å². The number of amides is 1. The summed E-state index contributed by atoms with van der Waals surface area (Å²) in [5.41, 5.74) is 0.727. The third kappa shape index (κ3) is 5.36. The summed E-state index contributed by atoms with van der Waals surface area (Å²) in [6, 6.07) is 10.2. The first-order valence-electron chi connectivity index (χ1n) is 7.99. The Morgan fingerprint density at radius 1 is 1.26 bits per heavy atom. The standard InChI is InChI=1S/C19H19ClN4O3/c1-12(13-4-6-16(26-2)17(8-13)27-3)24-19(25)14(9-21)10-22-18-7-5-15(20)11-23-18/h4-8,10-12H,1-3H3,(H,22,23)(H,24,25)/b14-10-. The summed E-state index contributed by atoms with van der Waals surface area (Å²) in [7, 11) is 3.09. The number of rotatable bonds is 7. The Hall–Kier alpha value is -3.24. The van der Waals surface area contributed by atoms with Gasteiger partial charge in [0, 0.05) is 12.4 Å². The first-order valence-corrected chi connectivity index (χ1v) is 8.37. The maximum absolute atomic E-state index is 12.4. The molecule has 0 aliphatic carbocycles. The average molecular weight is 387 g/mol. The Bertz CT molecular complexity index is 876. The van der Waals surface area contributed by atoms with E-state index in [0.717, 1.165) is 5.56 Å². The van der Waals surface area contributed by atoms with E-state index < -0.39 is 5.91 Å². The Labute approximate surface area is 162 Å². The monoisotopic (exact) mass is 386 g/mol. The number of nitrogens with one attached hydrogen (secondary N) is 2. The molecule has 1 atom stereocenters. The van der Waals surface area contributed by atoms with Gasteiger partial charge in [-0.15, -0.1) is 0 Å². The van der Waals surface area contributed by atoms with Crippen molar-refractivity contribution in [3.63, 3.8) is 0 Å². The molecular formula is C19H19ClN4O3. The Morgan fingerprint density at radius 2 is 2.00 bits per heavy atom. The fraction of sp³-hybridized carbons (Fsp3) is 0.211. The van der Waals surface area contributed by atoms with E-state index in [2.05, 4.69) is 15.6 Å². The number of hydrogen-bond donors (Lipinski definition) is 2. The van der Waals surface area contributed by atoms with Crippen molar-refractivity contribution in [2.24, 2.45) is 0 Å². The van der Waals surface area contributed by atoms with Crippen LogP contribution in [0.1, 0.15) is 18.5 Å². The molecule has 7 nitrogen and oxygen atoms in total. The van der Waals surface area contributed by atoms with E-state index in [-0.39, 0.29) is 11.6 Å². The molecule has 2 rings (SSSR count). The lowest BCUT2D eigenvalue weighted by Gasteiger charge is -2.16. The predicted octanol–water partition coefficient (Wildman–Crippen LogP) is 3.45. The van der Waals surface area contributed by atoms with Gasteiger partial charge in [-0.3, -0.25) is 4.79 Å². The molecule has 0 radical (unpaired) electrons. The van der Waals surface area contributed by atoms with Crippen molar-refractivity contribution in [1.29, 1.82) is 5.26 Å². The van der Waals surface area contributed by atoms with E-state index in [1.807, 2.05) is 19.1 Å². The number of anilines is 1. The van der Waals surface area contributed by atoms with Gasteiger partial charge in [0.1, 0.15) is 17.5 Å². The Kier molecular flexibility index (Phi) is 7.03. The Balaban J connectivity index is 2.08. The molecule has 27 heavy (non-hydrogen) atoms. The van der Waals surface area contributed by atoms with Crippen LogP contribution in [0, 0.1) is 11.3 Å². The van der Waals surface area contributed by atoms with Crippen LogP contribution in [0.2, 0.25) is 5.02 Å². The predicted molar refractivity (Wildman–Crippen MR) is 103 cm³/mol. The summed E-state index contributed by atoms with van der Waals surface area (Å²) in [5.74, 6) is 1.11. The lowest BCUT2D eigenvalue weighted by Crippen LogP contribution is -2.28. The molecule has 140 valence electrons. The number of carbonyl (C=O) groups is 1. The summed E-state index contributed by atoms with van der Waals surface area (Å²) in [6.07, 6.45) is 2.76. The second-order valence-corrected chi connectivity index (χ2v) is 5.92. The van der Waals surface area contributed by atoms with E-state index >= 15 is 0 Å². The van der Waals surface area contributed by atoms with Crippen molar-refractivity contribution < 1.29 is 14.3 Å². The van der Waals surface area contributed by atoms with Crippen LogP contribution in [-0.4, -0.2) is 25.1 Å². The molecular weight excluding hydrogens is 368 g/mol. The molecule has 1 heterocycles. The highest BCUT2D eigenvalue weighted by Gasteiger charge is 2.15. The van der Waals surface area contributed by atoms with Crippen LogP contribution >= 0.6 is 11.6 Å². The van der Waals surface area contributed by atoms with Crippen molar-refractivity contribution in [2.45, 2.75) is 13.0 Å². The second-order valence-electron chi connectivity index (χ2n) is 5.49. The second kappa shape index (κ2) is 9.46. The molecule has 0 aliphatic heterocycles. The fourth-order valence-corrected chi connectivity index (χ4v) is 2.35. The minimum absolute atomic E-state index is 0.0842. The third-order valence-corrected chi connectivity index (χ3v) is 3.94. The molecule has 1 amide bonds. The number of pyridine rings is 1. The van der Waals surface area contributed by atoms with Gasteiger partial charge in [0.05, 0.1) is 25.3 Å². The van der Waals surface area contributed by atoms with Crippen LogP contribution in [-0.2, 0) is 4.79 Å². The van der Waals surface area contributed by atoms with Crippen LogP contribution in [0.25, 0.3) is 0 Å². The van der Waals surface area contributed by atoms with E-state index in [1.165, 1.54) is 19.5 Å². The van der Waals surface area contributed by atoms with Crippen LogP contribution in [0.5, 0.6) is 11.5 Å². The largest absolute Gasteiger partial charge is 0.493 e. The van der Waals surface area contributed by atoms with Crippen molar-refractivity contribution in [3.8, 4) is 17.6 Å². The number of nitrogens with zero attached hydrogens (tertiary/aromatic N) is 2. The molecule has 0 bridgehead atoms. The van der Waals surface area contributed by atoms with Gasteiger partial charge in [0.25, 0.3) is 5.91 Å². The first-order chi connectivity index (χ1) is 13.0. The minimum Gasteiger partial charge on any atom is -0.493 e. The molecule has 1 aromatic carbocycles. The quantitative estimate of drug-likeness (QED) is 0.559. The molecule has 1 aromatic heterocycles. The number of nitriles is 1. The van der Waals surface area contributed by atoms with Crippen molar-refractivity contribution in [3.05, 3.63) is 58.9 Å². The van der Waals surface area contributed by atoms with Gasteiger partial charge in [0.2, 0.25) is 0 Å². The highest BCUT2D eigenvalue weighted by Crippen LogP contribution is 2.29. The maximum atomic E-state index is 12.4. The zero-order chi connectivity index (χ0) is 19.8. The zero-order valence-electron chi connectivity index (χ0n) is 15.1. The van der Waals surface area contributed by atoms with Gasteiger partial charge in [-0.05, 0) is 36.8 Å². The van der Waals surface area contributed by atoms with Gasteiger partial charge in [-0.25, -0.2) is 4.98 Å². The van der Waals surface area contributed by atoms with Gasteiger partial charge in [-0.2, -0.15) is 5.26 Å². The lowest BCUT2D eigenvalue weighted by molar-refractivity contribution is -0.117. The summed E-state index contributed by atoms with van der Waals surface area (Å²) in [5, 5.41) is 15.3. The molecule has 0 saturated heterocycles. The smallest absolute Gasteiger partial charge is 0.263 e. The maximum Gasteiger partial charge on any atom is 0.263 e. The highest BCUT2D eigenvalue weighted by molar-refractivity contribution is 6.30. The number of halogens is 1. The summed E-state index contributed by atoms with van der Waals surface area (Å²) in [4.78, 5) is 16.4. The summed E-state index contributed by atoms with van der Waals surface area (Å²) >= 11 is 5.77.